The molecule has 23 heavy (non-hydrogen) atoms. The summed E-state index contributed by atoms with van der Waals surface area (Å²) in [6, 6.07) is 0. The van der Waals surface area contributed by atoms with Gasteiger partial charge in [0.2, 0.25) is 0 Å². The Morgan fingerprint density at radius 3 is 2.74 bits per heavy atom. The normalized spacial score (nSPS) is 11.3. The number of thiazole rings is 1. The van der Waals surface area contributed by atoms with E-state index in [-0.39, 0.29) is 5.97 Å². The highest BCUT2D eigenvalue weighted by Crippen LogP contribution is 2.10. The van der Waals surface area contributed by atoms with E-state index in [1.807, 2.05) is 13.1 Å². The molecule has 0 atom stereocenters. The molecule has 0 aliphatic heterocycles. The number of esters is 1. The first-order valence-corrected chi connectivity index (χ1v) is 8.98. The monoisotopic (exact) mass is 340 g/mol. The summed E-state index contributed by atoms with van der Waals surface area (Å²) in [4.78, 5) is 20.9. The van der Waals surface area contributed by atoms with Gasteiger partial charge in [-0.15, -0.1) is 11.3 Å². The maximum atomic E-state index is 11.2. The Hall–Kier alpha value is -1.63. The van der Waals surface area contributed by atoms with Crippen LogP contribution in [0.3, 0.4) is 0 Å². The second kappa shape index (κ2) is 11.9. The minimum atomic E-state index is -0.0901. The number of ether oxygens (including phenoxy) is 1. The lowest BCUT2D eigenvalue weighted by atomic mass is 10.1. The number of nitrogens with one attached hydrogen (secondary N) is 2. The number of aryl methyl sites for hydroxylation is 1. The van der Waals surface area contributed by atoms with Crippen molar-refractivity contribution >= 4 is 23.3 Å². The summed E-state index contributed by atoms with van der Waals surface area (Å²) in [6.07, 6.45) is 6.50. The molecule has 0 spiro atoms. The van der Waals surface area contributed by atoms with Gasteiger partial charge in [0.05, 0.1) is 13.2 Å². The lowest BCUT2D eigenvalue weighted by molar-refractivity contribution is -0.143. The summed E-state index contributed by atoms with van der Waals surface area (Å²) < 4.78 is 4.90. The maximum absolute atomic E-state index is 11.2. The van der Waals surface area contributed by atoms with Crippen LogP contribution in [0.2, 0.25) is 0 Å². The molecule has 0 aromatic carbocycles. The predicted octanol–water partition coefficient (Wildman–Crippen LogP) is 2.63. The molecule has 0 aliphatic rings. The van der Waals surface area contributed by atoms with Gasteiger partial charge in [-0.1, -0.05) is 12.8 Å². The highest BCUT2D eigenvalue weighted by atomic mass is 32.1. The molecule has 0 saturated heterocycles. The zero-order valence-corrected chi connectivity index (χ0v) is 15.2. The number of carbonyl (C=O) groups is 1. The summed E-state index contributed by atoms with van der Waals surface area (Å²) in [5.41, 5.74) is 0. The van der Waals surface area contributed by atoms with Crippen molar-refractivity contribution in [1.82, 2.24) is 15.6 Å². The smallest absolute Gasteiger partial charge is 0.305 e. The molecule has 1 aromatic rings. The number of hydrogen-bond acceptors (Lipinski definition) is 5. The lowest BCUT2D eigenvalue weighted by Gasteiger charge is -2.10. The molecule has 0 fully saturated rings. The Kier molecular flexibility index (Phi) is 10.0. The Labute approximate surface area is 142 Å². The van der Waals surface area contributed by atoms with E-state index >= 15 is 0 Å². The van der Waals surface area contributed by atoms with E-state index in [9.17, 15) is 4.79 Å². The van der Waals surface area contributed by atoms with Crippen LogP contribution < -0.4 is 10.6 Å². The van der Waals surface area contributed by atoms with Crippen LogP contribution in [0.25, 0.3) is 0 Å². The molecular weight excluding hydrogens is 312 g/mol. The Bertz CT molecular complexity index is 488. The van der Waals surface area contributed by atoms with Gasteiger partial charge in [0.1, 0.15) is 5.01 Å². The van der Waals surface area contributed by atoms with Crippen molar-refractivity contribution in [3.63, 3.8) is 0 Å². The minimum absolute atomic E-state index is 0.0901. The van der Waals surface area contributed by atoms with E-state index in [2.05, 4.69) is 27.5 Å². The molecule has 1 rings (SSSR count). The van der Waals surface area contributed by atoms with Gasteiger partial charge in [-0.05, 0) is 26.7 Å². The van der Waals surface area contributed by atoms with Crippen LogP contribution in [0.5, 0.6) is 0 Å². The lowest BCUT2D eigenvalue weighted by Crippen LogP contribution is -2.37. The molecule has 0 bridgehead atoms. The minimum Gasteiger partial charge on any atom is -0.466 e. The Morgan fingerprint density at radius 1 is 1.30 bits per heavy atom. The highest BCUT2D eigenvalue weighted by molar-refractivity contribution is 7.11. The average molecular weight is 340 g/mol. The molecule has 0 radical (unpaired) electrons. The second-order valence-electron chi connectivity index (χ2n) is 5.19. The molecule has 6 nitrogen and oxygen atoms in total. The molecule has 1 heterocycles. The van der Waals surface area contributed by atoms with Crippen LogP contribution in [0, 0.1) is 6.92 Å². The van der Waals surface area contributed by atoms with Gasteiger partial charge < -0.3 is 15.4 Å². The quantitative estimate of drug-likeness (QED) is 0.296. The zero-order valence-electron chi connectivity index (χ0n) is 14.4. The third-order valence-corrected chi connectivity index (χ3v) is 4.12. The number of aliphatic imine (C=N–C) groups is 1. The summed E-state index contributed by atoms with van der Waals surface area (Å²) in [7, 11) is 1.77. The summed E-state index contributed by atoms with van der Waals surface area (Å²) in [5.74, 6) is 0.706. The van der Waals surface area contributed by atoms with Crippen LogP contribution >= 0.6 is 11.3 Å². The summed E-state index contributed by atoms with van der Waals surface area (Å²) in [6.45, 7) is 5.92. The van der Waals surface area contributed by atoms with Crippen molar-refractivity contribution in [2.45, 2.75) is 52.5 Å². The van der Waals surface area contributed by atoms with Crippen molar-refractivity contribution in [1.29, 1.82) is 0 Å². The van der Waals surface area contributed by atoms with E-state index in [0.717, 1.165) is 43.2 Å². The summed E-state index contributed by atoms with van der Waals surface area (Å²) in [5, 5.41) is 7.61. The standard InChI is InChI=1S/C16H28N4O2S/c1-4-22-15(21)9-7-5-6-8-10-18-16(17-3)20-12-14-19-11-13(2)23-14/h11H,4-10,12H2,1-3H3,(H2,17,18,20). The largest absolute Gasteiger partial charge is 0.466 e. The molecular formula is C16H28N4O2S. The van der Waals surface area contributed by atoms with Crippen LogP contribution in [-0.2, 0) is 16.1 Å². The van der Waals surface area contributed by atoms with E-state index in [1.54, 1.807) is 18.4 Å². The predicted molar refractivity (Wildman–Crippen MR) is 94.8 cm³/mol. The van der Waals surface area contributed by atoms with Gasteiger partial charge in [-0.3, -0.25) is 9.79 Å². The molecule has 2 N–H and O–H groups in total. The molecule has 0 aliphatic carbocycles. The number of guanidine groups is 1. The van der Waals surface area contributed by atoms with Gasteiger partial charge >= 0.3 is 5.97 Å². The molecule has 1 aromatic heterocycles. The molecule has 0 saturated carbocycles. The van der Waals surface area contributed by atoms with E-state index < -0.39 is 0 Å². The number of nitrogens with zero attached hydrogens (tertiary/aromatic N) is 2. The van der Waals surface area contributed by atoms with Gasteiger partial charge in [0.15, 0.2) is 5.96 Å². The number of hydrogen-bond donors (Lipinski definition) is 2. The maximum Gasteiger partial charge on any atom is 0.305 e. The molecule has 130 valence electrons. The topological polar surface area (TPSA) is 75.6 Å². The first-order valence-electron chi connectivity index (χ1n) is 8.17. The Balaban J connectivity index is 2.03. The third-order valence-electron chi connectivity index (χ3n) is 3.21. The van der Waals surface area contributed by atoms with E-state index in [4.69, 9.17) is 4.74 Å². The first kappa shape index (κ1) is 19.4. The number of carbonyl (C=O) groups excluding carboxylic acids is 1. The van der Waals surface area contributed by atoms with Crippen molar-refractivity contribution < 1.29 is 9.53 Å². The molecule has 7 heteroatoms. The zero-order chi connectivity index (χ0) is 16.9. The van der Waals surface area contributed by atoms with Crippen LogP contribution in [0.15, 0.2) is 11.2 Å². The van der Waals surface area contributed by atoms with Gasteiger partial charge in [-0.2, -0.15) is 0 Å². The van der Waals surface area contributed by atoms with Crippen LogP contribution in [0.4, 0.5) is 0 Å². The third kappa shape index (κ3) is 9.18. The number of rotatable bonds is 10. The highest BCUT2D eigenvalue weighted by Gasteiger charge is 2.02. The Morgan fingerprint density at radius 2 is 2.09 bits per heavy atom. The fraction of sp³-hybridized carbons (Fsp3) is 0.688. The fourth-order valence-corrected chi connectivity index (χ4v) is 2.78. The van der Waals surface area contributed by atoms with E-state index in [0.29, 0.717) is 19.6 Å². The van der Waals surface area contributed by atoms with Gasteiger partial charge in [-0.25, -0.2) is 4.98 Å². The summed E-state index contributed by atoms with van der Waals surface area (Å²) >= 11 is 1.69. The van der Waals surface area contributed by atoms with Crippen LogP contribution in [0.1, 0.15) is 48.9 Å². The van der Waals surface area contributed by atoms with Crippen molar-refractivity contribution in [3.05, 3.63) is 16.1 Å². The van der Waals surface area contributed by atoms with Crippen molar-refractivity contribution in [2.24, 2.45) is 4.99 Å². The van der Waals surface area contributed by atoms with E-state index in [1.165, 1.54) is 4.88 Å². The van der Waals surface area contributed by atoms with Gasteiger partial charge in [0, 0.05) is 31.1 Å². The molecule has 0 unspecified atom stereocenters. The fourth-order valence-electron chi connectivity index (χ4n) is 2.05. The first-order chi connectivity index (χ1) is 11.2. The molecule has 0 amide bonds. The average Bonchev–Trinajstić information content (AvgIpc) is 2.95. The number of aromatic nitrogens is 1. The SMILES string of the molecule is CCOC(=O)CCCCCCNC(=NC)NCc1ncc(C)s1. The number of unbranched alkanes of at least 4 members (excludes halogenated alkanes) is 3. The van der Waals surface area contributed by atoms with Crippen molar-refractivity contribution in [3.8, 4) is 0 Å². The van der Waals surface area contributed by atoms with Gasteiger partial charge in [0.25, 0.3) is 0 Å². The second-order valence-corrected chi connectivity index (χ2v) is 6.51. The van der Waals surface area contributed by atoms with Crippen LogP contribution in [-0.4, -0.2) is 37.1 Å². The van der Waals surface area contributed by atoms with Crippen molar-refractivity contribution in [2.75, 3.05) is 20.2 Å².